The summed E-state index contributed by atoms with van der Waals surface area (Å²) in [6, 6.07) is 9.34. The molecule has 0 atom stereocenters. The van der Waals surface area contributed by atoms with Crippen LogP contribution in [-0.2, 0) is 13.1 Å². The van der Waals surface area contributed by atoms with E-state index in [1.807, 2.05) is 38.2 Å². The monoisotopic (exact) mass is 345 g/mol. The van der Waals surface area contributed by atoms with Crippen molar-refractivity contribution in [3.63, 3.8) is 0 Å². The average Bonchev–Trinajstić information content (AvgIpc) is 3.03. The Labute approximate surface area is 147 Å². The minimum absolute atomic E-state index is 0.194. The molecule has 6 heteroatoms. The Hall–Kier alpha value is -2.60. The van der Waals surface area contributed by atoms with Gasteiger partial charge in [-0.1, -0.05) is 6.07 Å². The van der Waals surface area contributed by atoms with Gasteiger partial charge in [0.1, 0.15) is 5.75 Å². The first-order chi connectivity index (χ1) is 12.1. The van der Waals surface area contributed by atoms with Gasteiger partial charge in [0.25, 0.3) is 0 Å². The number of rotatable bonds is 7. The molecule has 0 fully saturated rings. The Kier molecular flexibility index (Phi) is 5.19. The van der Waals surface area contributed by atoms with Crippen LogP contribution in [0.5, 0.6) is 28.7 Å². The maximum atomic E-state index is 10.2. The SMILES string of the molecule is CCOc1ccc(CN(C)Cc2cc3c(cc2O)OCO3)cc1OC. The molecule has 0 aromatic heterocycles. The molecule has 0 aliphatic carbocycles. The largest absolute Gasteiger partial charge is 0.507 e. The normalized spacial score (nSPS) is 12.5. The summed E-state index contributed by atoms with van der Waals surface area (Å²) < 4.78 is 21.6. The molecule has 2 aromatic carbocycles. The molecule has 134 valence electrons. The van der Waals surface area contributed by atoms with Gasteiger partial charge < -0.3 is 24.1 Å². The van der Waals surface area contributed by atoms with Gasteiger partial charge in [-0.3, -0.25) is 4.90 Å². The number of phenolic OH excluding ortho intramolecular Hbond substituents is 1. The Morgan fingerprint density at radius 2 is 1.84 bits per heavy atom. The Morgan fingerprint density at radius 3 is 2.56 bits per heavy atom. The first-order valence-corrected chi connectivity index (χ1v) is 8.20. The van der Waals surface area contributed by atoms with Crippen LogP contribution in [0.15, 0.2) is 30.3 Å². The van der Waals surface area contributed by atoms with E-state index in [4.69, 9.17) is 18.9 Å². The highest BCUT2D eigenvalue weighted by Gasteiger charge is 2.18. The van der Waals surface area contributed by atoms with Crippen LogP contribution in [0, 0.1) is 0 Å². The number of hydrogen-bond donors (Lipinski definition) is 1. The van der Waals surface area contributed by atoms with Gasteiger partial charge in [-0.05, 0) is 37.7 Å². The van der Waals surface area contributed by atoms with Gasteiger partial charge in [-0.25, -0.2) is 0 Å². The second-order valence-corrected chi connectivity index (χ2v) is 5.92. The summed E-state index contributed by atoms with van der Waals surface area (Å²) >= 11 is 0. The number of ether oxygens (including phenoxy) is 4. The van der Waals surface area contributed by atoms with Crippen molar-refractivity contribution in [3.8, 4) is 28.7 Å². The molecule has 1 aliphatic heterocycles. The Morgan fingerprint density at radius 1 is 1.08 bits per heavy atom. The molecule has 2 aromatic rings. The van der Waals surface area contributed by atoms with E-state index in [2.05, 4.69) is 4.90 Å². The number of phenols is 1. The van der Waals surface area contributed by atoms with E-state index in [1.54, 1.807) is 13.2 Å². The van der Waals surface area contributed by atoms with Crippen molar-refractivity contribution in [2.45, 2.75) is 20.0 Å². The van der Waals surface area contributed by atoms with Crippen LogP contribution < -0.4 is 18.9 Å². The van der Waals surface area contributed by atoms with Gasteiger partial charge in [-0.2, -0.15) is 0 Å². The fraction of sp³-hybridized carbons (Fsp3) is 0.368. The van der Waals surface area contributed by atoms with Crippen molar-refractivity contribution in [1.29, 1.82) is 0 Å². The van der Waals surface area contributed by atoms with Crippen LogP contribution in [0.4, 0.5) is 0 Å². The number of fused-ring (bicyclic) bond motifs is 1. The molecule has 0 saturated carbocycles. The fourth-order valence-corrected chi connectivity index (χ4v) is 2.84. The molecule has 3 rings (SSSR count). The number of aromatic hydroxyl groups is 1. The van der Waals surface area contributed by atoms with Crippen LogP contribution in [0.1, 0.15) is 18.1 Å². The van der Waals surface area contributed by atoms with E-state index in [0.29, 0.717) is 31.2 Å². The summed E-state index contributed by atoms with van der Waals surface area (Å²) in [5.74, 6) is 2.92. The molecule has 0 bridgehead atoms. The Balaban J connectivity index is 1.69. The molecule has 6 nitrogen and oxygen atoms in total. The quantitative estimate of drug-likeness (QED) is 0.832. The Bertz CT molecular complexity index is 747. The van der Waals surface area contributed by atoms with Gasteiger partial charge >= 0.3 is 0 Å². The highest BCUT2D eigenvalue weighted by Crippen LogP contribution is 2.38. The van der Waals surface area contributed by atoms with Crippen molar-refractivity contribution < 1.29 is 24.1 Å². The third kappa shape index (κ3) is 3.91. The van der Waals surface area contributed by atoms with E-state index >= 15 is 0 Å². The second-order valence-electron chi connectivity index (χ2n) is 5.92. The molecule has 0 unspecified atom stereocenters. The molecule has 0 radical (unpaired) electrons. The van der Waals surface area contributed by atoms with Gasteiger partial charge in [0.15, 0.2) is 23.0 Å². The zero-order valence-electron chi connectivity index (χ0n) is 14.7. The summed E-state index contributed by atoms with van der Waals surface area (Å²) in [5.41, 5.74) is 1.90. The van der Waals surface area contributed by atoms with Gasteiger partial charge in [0, 0.05) is 24.7 Å². The van der Waals surface area contributed by atoms with E-state index in [0.717, 1.165) is 22.6 Å². The maximum absolute atomic E-state index is 10.2. The molecule has 1 N–H and O–H groups in total. The highest BCUT2D eigenvalue weighted by atomic mass is 16.7. The van der Waals surface area contributed by atoms with E-state index < -0.39 is 0 Å². The zero-order valence-corrected chi connectivity index (χ0v) is 14.7. The second kappa shape index (κ2) is 7.53. The van der Waals surface area contributed by atoms with Crippen molar-refractivity contribution in [3.05, 3.63) is 41.5 Å². The summed E-state index contributed by atoms with van der Waals surface area (Å²) in [4.78, 5) is 2.10. The number of benzene rings is 2. The summed E-state index contributed by atoms with van der Waals surface area (Å²) in [5, 5.41) is 10.2. The fourth-order valence-electron chi connectivity index (χ4n) is 2.84. The predicted octanol–water partition coefficient (Wildman–Crippen LogP) is 3.16. The predicted molar refractivity (Wildman–Crippen MR) is 93.6 cm³/mol. The molecule has 0 amide bonds. The van der Waals surface area contributed by atoms with Crippen LogP contribution in [0.25, 0.3) is 0 Å². The lowest BCUT2D eigenvalue weighted by Gasteiger charge is -2.19. The lowest BCUT2D eigenvalue weighted by molar-refractivity contribution is 0.174. The molecule has 0 spiro atoms. The molecule has 1 heterocycles. The van der Waals surface area contributed by atoms with Crippen molar-refractivity contribution in [1.82, 2.24) is 4.90 Å². The minimum Gasteiger partial charge on any atom is -0.507 e. The van der Waals surface area contributed by atoms with Crippen molar-refractivity contribution in [2.75, 3.05) is 27.6 Å². The molecule has 25 heavy (non-hydrogen) atoms. The average molecular weight is 345 g/mol. The van der Waals surface area contributed by atoms with Crippen molar-refractivity contribution in [2.24, 2.45) is 0 Å². The lowest BCUT2D eigenvalue weighted by atomic mass is 10.1. The topological polar surface area (TPSA) is 60.4 Å². The maximum Gasteiger partial charge on any atom is 0.231 e. The smallest absolute Gasteiger partial charge is 0.231 e. The first-order valence-electron chi connectivity index (χ1n) is 8.20. The lowest BCUT2D eigenvalue weighted by Crippen LogP contribution is -2.17. The summed E-state index contributed by atoms with van der Waals surface area (Å²) in [6.07, 6.45) is 0. The van der Waals surface area contributed by atoms with Crippen LogP contribution in [0.2, 0.25) is 0 Å². The van der Waals surface area contributed by atoms with E-state index in [-0.39, 0.29) is 12.5 Å². The van der Waals surface area contributed by atoms with Crippen LogP contribution >= 0.6 is 0 Å². The van der Waals surface area contributed by atoms with Gasteiger partial charge in [0.2, 0.25) is 6.79 Å². The molecular weight excluding hydrogens is 322 g/mol. The van der Waals surface area contributed by atoms with E-state index in [1.165, 1.54) is 0 Å². The van der Waals surface area contributed by atoms with E-state index in [9.17, 15) is 5.11 Å². The third-order valence-corrected chi connectivity index (χ3v) is 3.99. The molecular formula is C19H23NO5. The minimum atomic E-state index is 0.194. The first kappa shape index (κ1) is 17.2. The summed E-state index contributed by atoms with van der Waals surface area (Å²) in [7, 11) is 3.63. The third-order valence-electron chi connectivity index (χ3n) is 3.99. The standard InChI is InChI=1S/C19H23NO5/c1-4-23-16-6-5-13(7-17(16)22-3)10-20(2)11-14-8-18-19(9-15(14)21)25-12-24-18/h5-9,21H,4,10-12H2,1-3H3. The zero-order chi connectivity index (χ0) is 17.8. The number of nitrogens with zero attached hydrogens (tertiary/aromatic N) is 1. The van der Waals surface area contributed by atoms with Gasteiger partial charge in [0.05, 0.1) is 13.7 Å². The summed E-state index contributed by atoms with van der Waals surface area (Å²) in [6.45, 7) is 4.02. The van der Waals surface area contributed by atoms with Crippen LogP contribution in [-0.4, -0.2) is 37.6 Å². The van der Waals surface area contributed by atoms with Crippen molar-refractivity contribution >= 4 is 0 Å². The van der Waals surface area contributed by atoms with Crippen LogP contribution in [0.3, 0.4) is 0 Å². The number of methoxy groups -OCH3 is 1. The van der Waals surface area contributed by atoms with Gasteiger partial charge in [-0.15, -0.1) is 0 Å². The number of hydrogen-bond acceptors (Lipinski definition) is 6. The molecule has 0 saturated heterocycles. The highest BCUT2D eigenvalue weighted by molar-refractivity contribution is 5.51. The molecule has 1 aliphatic rings.